The van der Waals surface area contributed by atoms with Crippen molar-refractivity contribution in [3.8, 4) is 39.9 Å². The molecule has 9 rings (SSSR count). The number of aliphatic hydroxyl groups excluding tert-OH is 5. The topological polar surface area (TPSA) is 292 Å². The number of hydrogen-bond donors (Lipinski definition) is 8. The molecule has 1 aromatic heterocycles. The van der Waals surface area contributed by atoms with Crippen molar-refractivity contribution in [3.63, 3.8) is 0 Å². The van der Waals surface area contributed by atoms with Gasteiger partial charge in [0, 0.05) is 49.5 Å². The summed E-state index contributed by atoms with van der Waals surface area (Å²) in [6.07, 6.45) is -12.6. The summed E-state index contributed by atoms with van der Waals surface area (Å²) in [5.41, 5.74) is -2.11. The zero-order chi connectivity index (χ0) is 47.9. The van der Waals surface area contributed by atoms with Crippen LogP contribution in [0.4, 0.5) is 0 Å². The average molecular weight is 941 g/mol. The van der Waals surface area contributed by atoms with Crippen molar-refractivity contribution in [2.24, 2.45) is 0 Å². The lowest BCUT2D eigenvalue weighted by atomic mass is 9.77. The molecule has 1 aliphatic carbocycles. The van der Waals surface area contributed by atoms with E-state index >= 15 is 0 Å². The zero-order valence-corrected chi connectivity index (χ0v) is 37.6. The fourth-order valence-electron chi connectivity index (χ4n) is 10.3. The van der Waals surface area contributed by atoms with Crippen LogP contribution < -0.4 is 14.9 Å². The lowest BCUT2D eigenvalue weighted by molar-refractivity contribution is -0.331. The molecule has 3 fully saturated rings. The minimum atomic E-state index is -1.76. The maximum atomic E-state index is 14.5. The molecule has 2 unspecified atom stereocenters. The largest absolute Gasteiger partial charge is 0.506 e. The number of methoxy groups -OCH3 is 2. The molecule has 364 valence electrons. The zero-order valence-electron chi connectivity index (χ0n) is 37.6. The Bertz CT molecular complexity index is 2590. The number of carbonyl (C=O) groups excluding carboxylic acids is 1. The van der Waals surface area contributed by atoms with Crippen LogP contribution in [0.15, 0.2) is 27.4 Å². The summed E-state index contributed by atoms with van der Waals surface area (Å²) in [6, 6.07) is 4.09. The van der Waals surface area contributed by atoms with Gasteiger partial charge < -0.3 is 87.9 Å². The SMILES string of the molecule is CCCC1Cc2cc3c(c(O)c2C(=O)O1)-c1c(c(OC)c2oc4ccc(OC5C[C@@H](O)[C@H](O[C@H]6C[C@@H](O)[C@H](O[C@H]7C[C@@H](OC)[C@H](O)[C@H](C)O7)[C@H](C)O6)[C@H](C)O5)c(O)c4c(=O)c2c1O)[C@H](O)[C@H]3O. The Labute approximate surface area is 383 Å². The van der Waals surface area contributed by atoms with Crippen LogP contribution in [0, 0.1) is 0 Å². The van der Waals surface area contributed by atoms with Gasteiger partial charge in [-0.2, -0.15) is 0 Å². The molecule has 4 aromatic rings. The highest BCUT2D eigenvalue weighted by molar-refractivity contribution is 6.07. The van der Waals surface area contributed by atoms with Crippen LogP contribution in [-0.2, 0) is 39.6 Å². The monoisotopic (exact) mass is 940 g/mol. The predicted molar refractivity (Wildman–Crippen MR) is 231 cm³/mol. The number of phenolic OH excluding ortho intramolecular Hbond substituents is 3. The maximum Gasteiger partial charge on any atom is 0.342 e. The highest BCUT2D eigenvalue weighted by Gasteiger charge is 2.47. The van der Waals surface area contributed by atoms with E-state index in [1.54, 1.807) is 20.8 Å². The first-order chi connectivity index (χ1) is 31.9. The van der Waals surface area contributed by atoms with Crippen molar-refractivity contribution in [3.05, 3.63) is 50.7 Å². The van der Waals surface area contributed by atoms with E-state index < -0.39 is 132 Å². The van der Waals surface area contributed by atoms with E-state index in [9.17, 15) is 50.4 Å². The van der Waals surface area contributed by atoms with Crippen LogP contribution in [0.2, 0.25) is 0 Å². The Morgan fingerprint density at radius 3 is 2.01 bits per heavy atom. The fraction of sp³-hybridized carbons (Fsp3) is 0.574. The number of cyclic esters (lactones) is 1. The van der Waals surface area contributed by atoms with Crippen LogP contribution >= 0.6 is 0 Å². The van der Waals surface area contributed by atoms with E-state index in [0.717, 1.165) is 6.42 Å². The van der Waals surface area contributed by atoms with Gasteiger partial charge >= 0.3 is 5.97 Å². The summed E-state index contributed by atoms with van der Waals surface area (Å²) in [5.74, 6) is -3.48. The Hall–Kier alpha value is -4.84. The molecule has 5 aliphatic rings. The van der Waals surface area contributed by atoms with Crippen molar-refractivity contribution >= 4 is 27.9 Å². The van der Waals surface area contributed by atoms with Crippen LogP contribution in [0.1, 0.15) is 99.1 Å². The first-order valence-corrected chi connectivity index (χ1v) is 22.5. The van der Waals surface area contributed by atoms with Crippen molar-refractivity contribution in [1.82, 2.24) is 0 Å². The van der Waals surface area contributed by atoms with Gasteiger partial charge in [0.25, 0.3) is 0 Å². The Kier molecular flexibility index (Phi) is 12.9. The third-order valence-electron chi connectivity index (χ3n) is 13.6. The lowest BCUT2D eigenvalue weighted by Crippen LogP contribution is -2.56. The van der Waals surface area contributed by atoms with E-state index in [1.165, 1.54) is 32.4 Å². The number of carbonyl (C=O) groups is 1. The van der Waals surface area contributed by atoms with Gasteiger partial charge in [0.2, 0.25) is 11.7 Å². The van der Waals surface area contributed by atoms with E-state index in [0.29, 0.717) is 12.0 Å². The van der Waals surface area contributed by atoms with Crippen LogP contribution in [0.3, 0.4) is 0 Å². The number of phenols is 3. The van der Waals surface area contributed by atoms with Crippen molar-refractivity contribution in [2.45, 2.75) is 158 Å². The standard InChI is InChI=1S/C47H56O20/c1-7-8-20-11-19-12-21-31(39(53)30(19)47(57)63-20)33-34(42(56)37(21)51)45(59-6)46-35(41(33)55)40(54)32-24(65-46)9-10-25(38(32)52)64-27-13-22(48)43(17(3)61-27)66-28-14-23(49)44(18(4)62-28)67-29-15-26(58-5)36(50)16(2)60-29/h9-10,12,16-18,20,22-23,26-29,36-37,42-44,48-53,55-56H,7-8,11,13-15H2,1-6H3/t16-,17-,18-,20?,22+,23+,26+,27?,28-,29-,36+,37-,42-,43+,44+/m0/s1. The minimum absolute atomic E-state index is 0.0116. The van der Waals surface area contributed by atoms with E-state index in [4.69, 9.17) is 47.0 Å². The Morgan fingerprint density at radius 1 is 0.731 bits per heavy atom. The second-order valence-electron chi connectivity index (χ2n) is 18.0. The predicted octanol–water partition coefficient (Wildman–Crippen LogP) is 3.35. The molecule has 0 spiro atoms. The third kappa shape index (κ3) is 8.04. The molecule has 5 heterocycles. The van der Waals surface area contributed by atoms with E-state index in [-0.39, 0.29) is 76.2 Å². The number of fused-ring (bicyclic) bond motifs is 6. The van der Waals surface area contributed by atoms with Crippen LogP contribution in [-0.4, -0.2) is 141 Å². The molecule has 20 nitrogen and oxygen atoms in total. The molecular weight excluding hydrogens is 884 g/mol. The summed E-state index contributed by atoms with van der Waals surface area (Å²) in [4.78, 5) is 27.8. The minimum Gasteiger partial charge on any atom is -0.506 e. The van der Waals surface area contributed by atoms with Crippen molar-refractivity contribution in [1.29, 1.82) is 0 Å². The van der Waals surface area contributed by atoms with Gasteiger partial charge in [-0.15, -0.1) is 0 Å². The lowest BCUT2D eigenvalue weighted by Gasteiger charge is -2.44. The smallest absolute Gasteiger partial charge is 0.342 e. The third-order valence-corrected chi connectivity index (χ3v) is 13.6. The molecule has 0 bridgehead atoms. The van der Waals surface area contributed by atoms with Gasteiger partial charge in [-0.25, -0.2) is 4.79 Å². The number of rotatable bonds is 10. The second-order valence-corrected chi connectivity index (χ2v) is 18.0. The molecule has 15 atom stereocenters. The van der Waals surface area contributed by atoms with Crippen molar-refractivity contribution in [2.75, 3.05) is 14.2 Å². The Morgan fingerprint density at radius 2 is 1.37 bits per heavy atom. The number of benzene rings is 3. The molecule has 0 radical (unpaired) electrons. The summed E-state index contributed by atoms with van der Waals surface area (Å²) in [5, 5.41) is 90.2. The Balaban J connectivity index is 0.960. The molecule has 3 saturated heterocycles. The van der Waals surface area contributed by atoms with Crippen molar-refractivity contribution < 1.29 is 92.7 Å². The van der Waals surface area contributed by atoms with Gasteiger partial charge in [-0.3, -0.25) is 4.79 Å². The summed E-state index contributed by atoms with van der Waals surface area (Å²) < 4.78 is 58.8. The number of ether oxygens (including phenoxy) is 9. The van der Waals surface area contributed by atoms with Gasteiger partial charge in [0.15, 0.2) is 35.4 Å². The first kappa shape index (κ1) is 47.2. The highest BCUT2D eigenvalue weighted by Crippen LogP contribution is 2.58. The normalized spacial score (nSPS) is 34.0. The van der Waals surface area contributed by atoms with Crippen LogP contribution in [0.5, 0.6) is 28.7 Å². The van der Waals surface area contributed by atoms with Gasteiger partial charge in [-0.1, -0.05) is 19.4 Å². The molecule has 8 N–H and O–H groups in total. The summed E-state index contributed by atoms with van der Waals surface area (Å²) in [6.45, 7) is 6.97. The van der Waals surface area contributed by atoms with E-state index in [1.807, 2.05) is 6.92 Å². The molecule has 0 saturated carbocycles. The molecular formula is C47H56O20. The fourth-order valence-corrected chi connectivity index (χ4v) is 10.3. The molecule has 3 aromatic carbocycles. The maximum absolute atomic E-state index is 14.5. The van der Waals surface area contributed by atoms with E-state index in [2.05, 4.69) is 0 Å². The quantitative estimate of drug-likeness (QED) is 0.0835. The average Bonchev–Trinajstić information content (AvgIpc) is 3.27. The second kappa shape index (κ2) is 18.2. The van der Waals surface area contributed by atoms with Gasteiger partial charge in [0.05, 0.1) is 43.7 Å². The van der Waals surface area contributed by atoms with Crippen LogP contribution in [0.25, 0.3) is 33.1 Å². The number of aromatic hydroxyl groups is 3. The number of hydrogen-bond acceptors (Lipinski definition) is 20. The molecule has 4 aliphatic heterocycles. The molecule has 0 amide bonds. The highest BCUT2D eigenvalue weighted by atomic mass is 16.7. The molecule has 20 heteroatoms. The molecule has 67 heavy (non-hydrogen) atoms. The number of esters is 1. The summed E-state index contributed by atoms with van der Waals surface area (Å²) >= 11 is 0. The summed E-state index contributed by atoms with van der Waals surface area (Å²) in [7, 11) is 2.70. The number of aliphatic hydroxyl groups is 5. The van der Waals surface area contributed by atoms with Gasteiger partial charge in [0.1, 0.15) is 70.0 Å². The van der Waals surface area contributed by atoms with Gasteiger partial charge in [-0.05, 0) is 50.5 Å². The first-order valence-electron chi connectivity index (χ1n) is 22.5.